The van der Waals surface area contributed by atoms with Crippen molar-refractivity contribution in [2.75, 3.05) is 21.3 Å². The Morgan fingerprint density at radius 1 is 1.27 bits per heavy atom. The zero-order valence-corrected chi connectivity index (χ0v) is 9.98. The second kappa shape index (κ2) is 5.56. The van der Waals surface area contributed by atoms with E-state index >= 15 is 0 Å². The first kappa shape index (κ1) is 11.8. The Bertz CT molecular complexity index is 352. The van der Waals surface area contributed by atoms with Gasteiger partial charge in [-0.15, -0.1) is 0 Å². The van der Waals surface area contributed by atoms with Gasteiger partial charge in [0.15, 0.2) is 11.5 Å². The summed E-state index contributed by atoms with van der Waals surface area (Å²) >= 11 is 5.09. The van der Waals surface area contributed by atoms with Crippen LogP contribution in [0.3, 0.4) is 0 Å². The highest BCUT2D eigenvalue weighted by molar-refractivity contribution is 7.80. The van der Waals surface area contributed by atoms with Gasteiger partial charge >= 0.3 is 0 Å². The Labute approximate surface area is 95.4 Å². The van der Waals surface area contributed by atoms with Crippen LogP contribution in [-0.2, 0) is 6.42 Å². The third-order valence-electron chi connectivity index (χ3n) is 2.09. The second-order valence-electron chi connectivity index (χ2n) is 3.04. The molecule has 0 unspecified atom stereocenters. The quantitative estimate of drug-likeness (QED) is 0.791. The molecule has 0 spiro atoms. The highest BCUT2D eigenvalue weighted by atomic mass is 32.1. The topological polar surface area (TPSA) is 30.5 Å². The molecule has 4 heteroatoms. The fourth-order valence-corrected chi connectivity index (χ4v) is 1.43. The first-order chi connectivity index (χ1) is 7.21. The van der Waals surface area contributed by atoms with Gasteiger partial charge in [0.2, 0.25) is 0 Å². The lowest BCUT2D eigenvalue weighted by molar-refractivity contribution is 0.354. The summed E-state index contributed by atoms with van der Waals surface area (Å²) in [6.45, 7) is 0. The average molecular weight is 225 g/mol. The molecular formula is C11H15NO2S. The van der Waals surface area contributed by atoms with Gasteiger partial charge < -0.3 is 14.8 Å². The summed E-state index contributed by atoms with van der Waals surface area (Å²) < 4.78 is 10.4. The number of hydrogen-bond donors (Lipinski definition) is 1. The number of benzene rings is 1. The second-order valence-corrected chi connectivity index (χ2v) is 3.53. The molecule has 1 aromatic rings. The number of likely N-dealkylation sites (N-methyl/N-ethyl adjacent to an activating group) is 1. The summed E-state index contributed by atoms with van der Waals surface area (Å²) in [6.07, 6.45) is 0.714. The van der Waals surface area contributed by atoms with Gasteiger partial charge in [0.1, 0.15) is 0 Å². The third kappa shape index (κ3) is 3.09. The zero-order valence-electron chi connectivity index (χ0n) is 9.16. The van der Waals surface area contributed by atoms with E-state index < -0.39 is 0 Å². The first-order valence-corrected chi connectivity index (χ1v) is 5.03. The minimum Gasteiger partial charge on any atom is -0.493 e. The summed E-state index contributed by atoms with van der Waals surface area (Å²) in [4.78, 5) is 0.808. The zero-order chi connectivity index (χ0) is 11.3. The van der Waals surface area contributed by atoms with Gasteiger partial charge in [-0.05, 0) is 17.7 Å². The van der Waals surface area contributed by atoms with Gasteiger partial charge in [-0.2, -0.15) is 0 Å². The van der Waals surface area contributed by atoms with Crippen LogP contribution in [0.1, 0.15) is 5.56 Å². The van der Waals surface area contributed by atoms with Crippen molar-refractivity contribution in [3.8, 4) is 11.5 Å². The maximum absolute atomic E-state index is 5.20. The lowest BCUT2D eigenvalue weighted by Gasteiger charge is -2.09. The van der Waals surface area contributed by atoms with E-state index in [2.05, 4.69) is 5.32 Å². The van der Waals surface area contributed by atoms with E-state index in [0.717, 1.165) is 22.1 Å². The lowest BCUT2D eigenvalue weighted by Crippen LogP contribution is -2.17. The average Bonchev–Trinajstić information content (AvgIpc) is 2.28. The van der Waals surface area contributed by atoms with E-state index in [1.807, 2.05) is 25.2 Å². The van der Waals surface area contributed by atoms with Crippen molar-refractivity contribution in [1.29, 1.82) is 0 Å². The van der Waals surface area contributed by atoms with Crippen LogP contribution in [-0.4, -0.2) is 26.3 Å². The SMILES string of the molecule is CNC(=S)Cc1ccc(OC)c(OC)c1. The van der Waals surface area contributed by atoms with Gasteiger partial charge in [-0.25, -0.2) is 0 Å². The molecular weight excluding hydrogens is 210 g/mol. The van der Waals surface area contributed by atoms with Gasteiger partial charge in [0.25, 0.3) is 0 Å². The molecule has 0 radical (unpaired) electrons. The minimum absolute atomic E-state index is 0.714. The number of thiocarbonyl (C=S) groups is 1. The van der Waals surface area contributed by atoms with Crippen LogP contribution in [0.15, 0.2) is 18.2 Å². The normalized spacial score (nSPS) is 9.53. The van der Waals surface area contributed by atoms with Gasteiger partial charge in [-0.1, -0.05) is 18.3 Å². The molecule has 0 aromatic heterocycles. The van der Waals surface area contributed by atoms with Gasteiger partial charge in [0, 0.05) is 13.5 Å². The van der Waals surface area contributed by atoms with Crippen molar-refractivity contribution in [2.45, 2.75) is 6.42 Å². The Morgan fingerprint density at radius 2 is 1.93 bits per heavy atom. The molecule has 0 heterocycles. The molecule has 0 saturated carbocycles. The summed E-state index contributed by atoms with van der Waals surface area (Å²) in [6, 6.07) is 5.79. The van der Waals surface area contributed by atoms with Crippen LogP contribution < -0.4 is 14.8 Å². The van der Waals surface area contributed by atoms with E-state index in [4.69, 9.17) is 21.7 Å². The van der Waals surface area contributed by atoms with Gasteiger partial charge in [-0.3, -0.25) is 0 Å². The number of methoxy groups -OCH3 is 2. The van der Waals surface area contributed by atoms with Crippen molar-refractivity contribution in [2.24, 2.45) is 0 Å². The summed E-state index contributed by atoms with van der Waals surface area (Å²) in [5.74, 6) is 1.46. The Balaban J connectivity index is 2.88. The highest BCUT2D eigenvalue weighted by Crippen LogP contribution is 2.27. The minimum atomic E-state index is 0.714. The van der Waals surface area contributed by atoms with E-state index in [-0.39, 0.29) is 0 Å². The molecule has 0 saturated heterocycles. The highest BCUT2D eigenvalue weighted by Gasteiger charge is 2.05. The smallest absolute Gasteiger partial charge is 0.160 e. The largest absolute Gasteiger partial charge is 0.493 e. The summed E-state index contributed by atoms with van der Waals surface area (Å²) in [5, 5.41) is 2.94. The number of nitrogens with one attached hydrogen (secondary N) is 1. The van der Waals surface area contributed by atoms with Gasteiger partial charge in [0.05, 0.1) is 19.2 Å². The van der Waals surface area contributed by atoms with E-state index in [0.29, 0.717) is 6.42 Å². The van der Waals surface area contributed by atoms with E-state index in [9.17, 15) is 0 Å². The van der Waals surface area contributed by atoms with Crippen LogP contribution in [0.2, 0.25) is 0 Å². The first-order valence-electron chi connectivity index (χ1n) is 4.62. The maximum Gasteiger partial charge on any atom is 0.160 e. The predicted molar refractivity (Wildman–Crippen MR) is 64.9 cm³/mol. The van der Waals surface area contributed by atoms with Crippen LogP contribution in [0.25, 0.3) is 0 Å². The van der Waals surface area contributed by atoms with Crippen molar-refractivity contribution in [3.63, 3.8) is 0 Å². The van der Waals surface area contributed by atoms with Crippen LogP contribution in [0.4, 0.5) is 0 Å². The molecule has 0 aliphatic carbocycles. The Hall–Kier alpha value is -1.29. The van der Waals surface area contributed by atoms with Crippen molar-refractivity contribution >= 4 is 17.2 Å². The monoisotopic (exact) mass is 225 g/mol. The van der Waals surface area contributed by atoms with Crippen molar-refractivity contribution in [3.05, 3.63) is 23.8 Å². The van der Waals surface area contributed by atoms with E-state index in [1.54, 1.807) is 14.2 Å². The molecule has 1 rings (SSSR count). The summed E-state index contributed by atoms with van der Waals surface area (Å²) in [5.41, 5.74) is 1.10. The third-order valence-corrected chi connectivity index (χ3v) is 2.44. The molecule has 15 heavy (non-hydrogen) atoms. The van der Waals surface area contributed by atoms with Crippen LogP contribution in [0, 0.1) is 0 Å². The van der Waals surface area contributed by atoms with E-state index in [1.165, 1.54) is 0 Å². The molecule has 1 aromatic carbocycles. The number of rotatable bonds is 4. The molecule has 0 fully saturated rings. The van der Waals surface area contributed by atoms with Crippen molar-refractivity contribution < 1.29 is 9.47 Å². The number of hydrogen-bond acceptors (Lipinski definition) is 3. The van der Waals surface area contributed by atoms with Crippen molar-refractivity contribution in [1.82, 2.24) is 5.32 Å². The molecule has 0 amide bonds. The van der Waals surface area contributed by atoms with Crippen LogP contribution >= 0.6 is 12.2 Å². The summed E-state index contributed by atoms with van der Waals surface area (Å²) in [7, 11) is 5.07. The molecule has 82 valence electrons. The van der Waals surface area contributed by atoms with Crippen LogP contribution in [0.5, 0.6) is 11.5 Å². The fourth-order valence-electron chi connectivity index (χ4n) is 1.26. The standard InChI is InChI=1S/C11H15NO2S/c1-12-11(15)7-8-4-5-9(13-2)10(6-8)14-3/h4-6H,7H2,1-3H3,(H,12,15). The Kier molecular flexibility index (Phi) is 4.37. The maximum atomic E-state index is 5.20. The molecule has 1 N–H and O–H groups in total. The molecule has 3 nitrogen and oxygen atoms in total. The molecule has 0 aliphatic heterocycles. The molecule has 0 atom stereocenters. The number of ether oxygens (including phenoxy) is 2. The fraction of sp³-hybridized carbons (Fsp3) is 0.364. The molecule has 0 bridgehead atoms. The predicted octanol–water partition coefficient (Wildman–Crippen LogP) is 1.79. The lowest BCUT2D eigenvalue weighted by atomic mass is 10.1. The Morgan fingerprint density at radius 3 is 2.47 bits per heavy atom. The molecule has 0 aliphatic rings.